The Bertz CT molecular complexity index is 1010. The van der Waals surface area contributed by atoms with Crippen LogP contribution in [0.15, 0.2) is 41.5 Å². The van der Waals surface area contributed by atoms with Crippen LogP contribution >= 0.6 is 22.6 Å². The monoisotopic (exact) mass is 555 g/mol. The molecule has 11 heteroatoms. The van der Waals surface area contributed by atoms with E-state index in [0.29, 0.717) is 30.3 Å². The molecule has 0 unspecified atom stereocenters. The molecule has 3 rings (SSSR count). The number of halogens is 1. The fourth-order valence-corrected chi connectivity index (χ4v) is 3.77. The number of nitro benzene ring substituents is 1. The molecule has 0 radical (unpaired) electrons. The van der Waals surface area contributed by atoms with Gasteiger partial charge in [-0.3, -0.25) is 14.9 Å². The Balaban J connectivity index is 1.61. The number of nitrogens with zero attached hydrogens (tertiary/aromatic N) is 2. The fraction of sp³-hybridized carbons (Fsp3) is 0.333. The lowest BCUT2D eigenvalue weighted by atomic mass is 10.2. The number of hydrogen-bond acceptors (Lipinski definition) is 8. The highest BCUT2D eigenvalue weighted by molar-refractivity contribution is 14.1. The summed E-state index contributed by atoms with van der Waals surface area (Å²) in [5, 5.41) is 14.8. The summed E-state index contributed by atoms with van der Waals surface area (Å²) in [6.45, 7) is 2.86. The molecule has 1 aliphatic heterocycles. The number of ether oxygens (including phenoxy) is 4. The Morgan fingerprint density at radius 2 is 2.00 bits per heavy atom. The van der Waals surface area contributed by atoms with Crippen molar-refractivity contribution in [3.05, 3.63) is 61.2 Å². The molecule has 10 nitrogen and oxygen atoms in total. The predicted octanol–water partition coefficient (Wildman–Crippen LogP) is 3.39. The second-order valence-corrected chi connectivity index (χ2v) is 8.21. The minimum absolute atomic E-state index is 0.0223. The third-order valence-electron chi connectivity index (χ3n) is 4.56. The number of hydrazone groups is 1. The zero-order valence-corrected chi connectivity index (χ0v) is 19.7. The van der Waals surface area contributed by atoms with E-state index in [1.807, 2.05) is 6.07 Å². The highest BCUT2D eigenvalue weighted by atomic mass is 127. The number of methoxy groups -OCH3 is 1. The van der Waals surface area contributed by atoms with Crippen molar-refractivity contribution in [3.63, 3.8) is 0 Å². The van der Waals surface area contributed by atoms with Gasteiger partial charge < -0.3 is 18.9 Å². The van der Waals surface area contributed by atoms with E-state index in [0.717, 1.165) is 9.13 Å². The van der Waals surface area contributed by atoms with Gasteiger partial charge in [0, 0.05) is 12.1 Å². The van der Waals surface area contributed by atoms with Crippen molar-refractivity contribution in [1.82, 2.24) is 5.43 Å². The number of carbonyl (C=O) groups excluding carboxylic acids is 1. The van der Waals surface area contributed by atoms with Gasteiger partial charge in [-0.05, 0) is 64.9 Å². The number of carbonyl (C=O) groups is 1. The normalized spacial score (nSPS) is 15.0. The smallest absolute Gasteiger partial charge is 0.269 e. The van der Waals surface area contributed by atoms with E-state index in [-0.39, 0.29) is 24.6 Å². The average molecular weight is 555 g/mol. The molecule has 170 valence electrons. The number of nitrogens with one attached hydrogen (secondary N) is 1. The number of nitro groups is 1. The summed E-state index contributed by atoms with van der Waals surface area (Å²) < 4.78 is 22.9. The molecule has 0 aliphatic carbocycles. The van der Waals surface area contributed by atoms with Crippen LogP contribution in [-0.4, -0.2) is 43.2 Å². The number of benzene rings is 2. The van der Waals surface area contributed by atoms with Crippen molar-refractivity contribution < 1.29 is 28.7 Å². The minimum Gasteiger partial charge on any atom is -0.493 e. The van der Waals surface area contributed by atoms with Gasteiger partial charge in [-0.15, -0.1) is 0 Å². The summed E-state index contributed by atoms with van der Waals surface area (Å²) in [6, 6.07) is 9.70. The van der Waals surface area contributed by atoms with Crippen molar-refractivity contribution in [2.45, 2.75) is 25.7 Å². The molecular weight excluding hydrogens is 533 g/mol. The largest absolute Gasteiger partial charge is 0.493 e. The Morgan fingerprint density at radius 3 is 2.62 bits per heavy atom. The zero-order chi connectivity index (χ0) is 23.1. The molecule has 2 aromatic rings. The summed E-state index contributed by atoms with van der Waals surface area (Å²) in [5.41, 5.74) is 3.97. The first-order valence-corrected chi connectivity index (χ1v) is 10.7. The Hall–Kier alpha value is -2.77. The topological polar surface area (TPSA) is 122 Å². The summed E-state index contributed by atoms with van der Waals surface area (Å²) in [7, 11) is 1.52. The first-order chi connectivity index (χ1) is 15.3. The molecule has 1 heterocycles. The van der Waals surface area contributed by atoms with Gasteiger partial charge in [-0.2, -0.15) is 5.10 Å². The molecule has 1 aliphatic rings. The van der Waals surface area contributed by atoms with Crippen LogP contribution in [0, 0.1) is 13.7 Å². The molecule has 0 spiro atoms. The van der Waals surface area contributed by atoms with E-state index in [9.17, 15) is 14.9 Å². The lowest BCUT2D eigenvalue weighted by Crippen LogP contribution is -2.33. The molecule has 1 amide bonds. The van der Waals surface area contributed by atoms with Gasteiger partial charge in [-0.25, -0.2) is 5.43 Å². The van der Waals surface area contributed by atoms with Crippen molar-refractivity contribution in [2.75, 3.05) is 20.3 Å². The fourth-order valence-electron chi connectivity index (χ4n) is 2.99. The van der Waals surface area contributed by atoms with E-state index < -0.39 is 10.7 Å². The zero-order valence-electron chi connectivity index (χ0n) is 17.5. The molecular formula is C21H22IN3O7. The number of rotatable bonds is 9. The van der Waals surface area contributed by atoms with Gasteiger partial charge in [0.05, 0.1) is 41.5 Å². The second-order valence-electron chi connectivity index (χ2n) is 7.05. The van der Waals surface area contributed by atoms with E-state index in [4.69, 9.17) is 18.9 Å². The third kappa shape index (κ3) is 6.37. The van der Waals surface area contributed by atoms with E-state index in [1.165, 1.54) is 25.5 Å². The van der Waals surface area contributed by atoms with Crippen LogP contribution in [0.1, 0.15) is 24.5 Å². The molecule has 2 aromatic carbocycles. The summed E-state index contributed by atoms with van der Waals surface area (Å²) in [6.07, 6.45) is 1.54. The van der Waals surface area contributed by atoms with E-state index >= 15 is 0 Å². The van der Waals surface area contributed by atoms with Gasteiger partial charge in [0.2, 0.25) is 5.91 Å². The van der Waals surface area contributed by atoms with Gasteiger partial charge in [-0.1, -0.05) is 0 Å². The van der Waals surface area contributed by atoms with E-state index in [1.54, 1.807) is 25.1 Å². The van der Waals surface area contributed by atoms with Gasteiger partial charge >= 0.3 is 0 Å². The molecule has 0 aromatic heterocycles. The lowest BCUT2D eigenvalue weighted by Gasteiger charge is -2.20. The highest BCUT2D eigenvalue weighted by Crippen LogP contribution is 2.34. The number of hydrogen-bond donors (Lipinski definition) is 1. The van der Waals surface area contributed by atoms with Crippen molar-refractivity contribution in [3.8, 4) is 11.5 Å². The molecule has 1 fully saturated rings. The van der Waals surface area contributed by atoms with Crippen molar-refractivity contribution in [1.29, 1.82) is 0 Å². The first kappa shape index (κ1) is 23.9. The van der Waals surface area contributed by atoms with E-state index in [2.05, 4.69) is 33.1 Å². The second kappa shape index (κ2) is 10.7. The Labute approximate surface area is 198 Å². The van der Waals surface area contributed by atoms with Crippen LogP contribution < -0.4 is 14.9 Å². The maximum absolute atomic E-state index is 12.0. The SMILES string of the molecule is COc1cc(/C=N\NC(=O)CC2(C)OCCO2)cc(I)c1OCc1ccc([N+](=O)[O-])cc1. The van der Waals surface area contributed by atoms with Crippen LogP contribution in [-0.2, 0) is 20.9 Å². The van der Waals surface area contributed by atoms with Gasteiger partial charge in [0.25, 0.3) is 5.69 Å². The van der Waals surface area contributed by atoms with Crippen LogP contribution in [0.3, 0.4) is 0 Å². The molecule has 0 atom stereocenters. The Kier molecular flexibility index (Phi) is 7.99. The summed E-state index contributed by atoms with van der Waals surface area (Å²) in [4.78, 5) is 22.4. The van der Waals surface area contributed by atoms with Crippen LogP contribution in [0.25, 0.3) is 0 Å². The van der Waals surface area contributed by atoms with Crippen LogP contribution in [0.4, 0.5) is 5.69 Å². The molecule has 0 saturated carbocycles. The van der Waals surface area contributed by atoms with Crippen molar-refractivity contribution >= 4 is 40.4 Å². The molecule has 1 saturated heterocycles. The Morgan fingerprint density at radius 1 is 1.31 bits per heavy atom. The maximum atomic E-state index is 12.0. The minimum atomic E-state index is -0.916. The summed E-state index contributed by atoms with van der Waals surface area (Å²) >= 11 is 2.12. The maximum Gasteiger partial charge on any atom is 0.269 e. The predicted molar refractivity (Wildman–Crippen MR) is 124 cm³/mol. The average Bonchev–Trinajstić information content (AvgIpc) is 3.18. The van der Waals surface area contributed by atoms with Crippen LogP contribution in [0.2, 0.25) is 0 Å². The standard InChI is InChI=1S/C21H22IN3O7/c1-21(31-7-8-32-21)11-19(26)24-23-12-15-9-17(22)20(18(10-15)29-2)30-13-14-3-5-16(6-4-14)25(27)28/h3-6,9-10,12H,7-8,11,13H2,1-2H3,(H,24,26)/b23-12-. The number of amides is 1. The first-order valence-electron chi connectivity index (χ1n) is 9.63. The highest BCUT2D eigenvalue weighted by Gasteiger charge is 2.33. The lowest BCUT2D eigenvalue weighted by molar-refractivity contribution is -0.384. The molecule has 1 N–H and O–H groups in total. The molecule has 0 bridgehead atoms. The van der Waals surface area contributed by atoms with Crippen LogP contribution in [0.5, 0.6) is 11.5 Å². The summed E-state index contributed by atoms with van der Waals surface area (Å²) in [5.74, 6) is -0.209. The van der Waals surface area contributed by atoms with Crippen molar-refractivity contribution in [2.24, 2.45) is 5.10 Å². The van der Waals surface area contributed by atoms with Gasteiger partial charge in [0.15, 0.2) is 17.3 Å². The molecule has 32 heavy (non-hydrogen) atoms. The number of non-ortho nitro benzene ring substituents is 1. The quantitative estimate of drug-likeness (QED) is 0.218. The van der Waals surface area contributed by atoms with Gasteiger partial charge in [0.1, 0.15) is 6.61 Å². The third-order valence-corrected chi connectivity index (χ3v) is 5.37.